The van der Waals surface area contributed by atoms with Crippen LogP contribution in [0, 0.1) is 25.6 Å². The topological polar surface area (TPSA) is 220 Å². The number of hydrogen-bond donors (Lipinski definition) is 2. The van der Waals surface area contributed by atoms with E-state index in [0.29, 0.717) is 46.2 Å². The number of ketones is 2. The number of hydrogen-bond acceptors (Lipinski definition) is 11. The molecule has 2 N–H and O–H groups in total. The molecule has 64 heavy (non-hydrogen) atoms. The Labute approximate surface area is 371 Å². The minimum Gasteiger partial charge on any atom is -0.481 e. The highest BCUT2D eigenvalue weighted by Gasteiger charge is 2.20. The second-order valence-corrected chi connectivity index (χ2v) is 13.4. The Hall–Kier alpha value is -8.26. The van der Waals surface area contributed by atoms with Crippen molar-refractivity contribution in [1.29, 1.82) is 5.41 Å². The van der Waals surface area contributed by atoms with Crippen LogP contribution >= 0.6 is 0 Å². The zero-order valence-corrected chi connectivity index (χ0v) is 35.7. The van der Waals surface area contributed by atoms with Crippen LogP contribution < -0.4 is 0 Å². The maximum atomic E-state index is 13.1. The number of nitrogens with one attached hydrogen (secondary N) is 1. The summed E-state index contributed by atoms with van der Waals surface area (Å²) < 4.78 is 0. The molecule has 14 nitrogen and oxygen atoms in total. The number of carbonyl (C=O) groups excluding carboxylic acids is 3. The van der Waals surface area contributed by atoms with Crippen LogP contribution in [0.3, 0.4) is 0 Å². The summed E-state index contributed by atoms with van der Waals surface area (Å²) in [7, 11) is 0. The number of carboxylic acid groups (broad SMARTS) is 1. The van der Waals surface area contributed by atoms with Crippen molar-refractivity contribution in [3.63, 3.8) is 0 Å². The number of unbranched alkanes of at least 4 members (excludes halogenated alkanes) is 2. The van der Waals surface area contributed by atoms with Gasteiger partial charge in [0.15, 0.2) is 5.71 Å². The molecule has 0 aliphatic rings. The molecule has 0 radical (unpaired) electrons. The van der Waals surface area contributed by atoms with E-state index >= 15 is 0 Å². The number of nitrogens with zero attached hydrogens (tertiary/aromatic N) is 3. The monoisotopic (exact) mass is 866 g/mol. The number of oxime groups is 1. The lowest BCUT2D eigenvalue weighted by Gasteiger charge is -2.08. The first-order chi connectivity index (χ1) is 30.7. The average molecular weight is 867 g/mol. The molecule has 330 valence electrons. The Bertz CT molecular complexity index is 2440. The molecule has 0 spiro atoms. The molecule has 4 aromatic carbocycles. The predicted octanol–water partition coefficient (Wildman–Crippen LogP) is 11.9. The average Bonchev–Trinajstić information content (AvgIpc) is 3.31. The van der Waals surface area contributed by atoms with Crippen molar-refractivity contribution in [1.82, 2.24) is 0 Å². The number of aliphatic carboxylic acids is 1. The van der Waals surface area contributed by atoms with Crippen molar-refractivity contribution in [3.05, 3.63) is 202 Å². The third-order valence-electron chi connectivity index (χ3n) is 8.87. The van der Waals surface area contributed by atoms with Crippen LogP contribution in [-0.2, 0) is 14.4 Å². The van der Waals surface area contributed by atoms with E-state index in [1.807, 2.05) is 13.8 Å². The summed E-state index contributed by atoms with van der Waals surface area (Å²) in [5, 5.41) is 41.8. The van der Waals surface area contributed by atoms with Crippen molar-refractivity contribution in [2.24, 2.45) is 5.16 Å². The van der Waals surface area contributed by atoms with E-state index < -0.39 is 33.4 Å². The lowest BCUT2D eigenvalue weighted by atomic mass is 9.97. The van der Waals surface area contributed by atoms with Crippen molar-refractivity contribution in [2.45, 2.75) is 52.4 Å². The van der Waals surface area contributed by atoms with E-state index in [1.165, 1.54) is 48.6 Å². The highest BCUT2D eigenvalue weighted by atomic mass is 16.7. The summed E-state index contributed by atoms with van der Waals surface area (Å²) in [6.07, 6.45) is 12.7. The van der Waals surface area contributed by atoms with Crippen LogP contribution in [0.15, 0.2) is 176 Å². The van der Waals surface area contributed by atoms with Crippen LogP contribution in [0.5, 0.6) is 0 Å². The van der Waals surface area contributed by atoms with Crippen LogP contribution in [0.4, 0.5) is 11.4 Å². The molecular formula is C50H50N4O10. The summed E-state index contributed by atoms with van der Waals surface area (Å²) in [5.41, 5.74) is 3.80. The largest absolute Gasteiger partial charge is 0.481 e. The standard InChI is InChI=1S/C25H24N2O5.C20H16N2O3.C5H10O2/c1-4-7-9-23(28)32-26-24(18(6-3)8-5-2)25(29)21-12-10-19(11-13-21)20-14-16-22(17-15-20)27(30)31;1-3-7-14(4-2)19(21)20(23)16-12-10-15(11-13-16)17-8-5-6-9-18(17)22(24)25;1-2-3-4-5(6)7/h5-6,8,10-17H,2-4,7,9H2,1H3;3-13,21H,1-2H2;2-4H2,1H3,(H,6,7)/b18-8+,26-24-;14-7+,21-19?;. The minimum absolute atomic E-state index is 0.000783. The van der Waals surface area contributed by atoms with E-state index in [4.69, 9.17) is 15.4 Å². The Morgan fingerprint density at radius 3 is 1.62 bits per heavy atom. The molecule has 0 bridgehead atoms. The van der Waals surface area contributed by atoms with Crippen molar-refractivity contribution in [3.8, 4) is 22.3 Å². The molecular weight excluding hydrogens is 817 g/mol. The van der Waals surface area contributed by atoms with Gasteiger partial charge in [0.1, 0.15) is 5.71 Å². The highest BCUT2D eigenvalue weighted by molar-refractivity contribution is 6.52. The molecule has 0 aromatic heterocycles. The number of nitro benzene ring substituents is 2. The van der Waals surface area contributed by atoms with Gasteiger partial charge < -0.3 is 9.94 Å². The fourth-order valence-corrected chi connectivity index (χ4v) is 5.45. The molecule has 0 saturated carbocycles. The van der Waals surface area contributed by atoms with Gasteiger partial charge in [-0.05, 0) is 47.7 Å². The molecule has 14 heteroatoms. The number of nitro groups is 2. The van der Waals surface area contributed by atoms with Gasteiger partial charge in [0.05, 0.1) is 15.4 Å². The van der Waals surface area contributed by atoms with Gasteiger partial charge in [-0.25, -0.2) is 4.79 Å². The molecule has 0 heterocycles. The van der Waals surface area contributed by atoms with Gasteiger partial charge in [-0.1, -0.05) is 155 Å². The zero-order valence-electron chi connectivity index (χ0n) is 35.7. The van der Waals surface area contributed by atoms with Gasteiger partial charge in [-0.3, -0.25) is 40.0 Å². The number of benzene rings is 4. The van der Waals surface area contributed by atoms with Gasteiger partial charge in [-0.2, -0.15) is 0 Å². The number of Topliss-reactive ketones (excluding diaryl/α,β-unsaturated/α-hetero) is 2. The molecule has 0 atom stereocenters. The van der Waals surface area contributed by atoms with Crippen molar-refractivity contribution < 1.29 is 39.0 Å². The second-order valence-electron chi connectivity index (χ2n) is 13.4. The number of non-ortho nitro benzene ring substituents is 1. The summed E-state index contributed by atoms with van der Waals surface area (Å²) >= 11 is 0. The normalized spacial score (nSPS) is 10.9. The van der Waals surface area contributed by atoms with Crippen LogP contribution in [-0.4, -0.2) is 49.9 Å². The van der Waals surface area contributed by atoms with Gasteiger partial charge >= 0.3 is 11.9 Å². The number of carbonyl (C=O) groups is 4. The fourth-order valence-electron chi connectivity index (χ4n) is 5.45. The lowest BCUT2D eigenvalue weighted by molar-refractivity contribution is -0.384. The van der Waals surface area contributed by atoms with E-state index in [-0.39, 0.29) is 29.2 Å². The third-order valence-corrected chi connectivity index (χ3v) is 8.87. The molecule has 0 aliphatic heterocycles. The molecule has 0 amide bonds. The summed E-state index contributed by atoms with van der Waals surface area (Å²) in [4.78, 5) is 73.1. The summed E-state index contributed by atoms with van der Waals surface area (Å²) in [6.45, 7) is 18.4. The second kappa shape index (κ2) is 27.6. The fraction of sp³-hybridized carbons (Fsp3) is 0.160. The SMILES string of the molecule is C=C/C=C(C=C)/C(=N/OC(=O)CCCC)C(=O)c1ccc(-c2ccc([N+](=O)[O-])cc2)cc1.C=C/C=C(\C=C)C(=N)C(=O)c1ccc(-c2ccccc2[N+](=O)[O-])cc1.CCCCC(=O)O. The first-order valence-electron chi connectivity index (χ1n) is 19.9. The Morgan fingerprint density at radius 2 is 1.16 bits per heavy atom. The molecule has 0 fully saturated rings. The number of allylic oxidation sites excluding steroid dienone is 8. The first kappa shape index (κ1) is 51.9. The van der Waals surface area contributed by atoms with E-state index in [9.17, 15) is 39.4 Å². The van der Waals surface area contributed by atoms with Crippen molar-refractivity contribution >= 4 is 46.3 Å². The maximum absolute atomic E-state index is 13.1. The van der Waals surface area contributed by atoms with E-state index in [1.54, 1.807) is 84.9 Å². The van der Waals surface area contributed by atoms with E-state index in [2.05, 4.69) is 31.5 Å². The molecule has 0 unspecified atom stereocenters. The predicted molar refractivity (Wildman–Crippen MR) is 251 cm³/mol. The molecule has 4 aromatic rings. The molecule has 0 aliphatic carbocycles. The quantitative estimate of drug-likeness (QED) is 0.0201. The Morgan fingerprint density at radius 1 is 0.672 bits per heavy atom. The molecule has 4 rings (SSSR count). The van der Waals surface area contributed by atoms with Crippen LogP contribution in [0.2, 0.25) is 0 Å². The first-order valence-corrected chi connectivity index (χ1v) is 19.9. The lowest BCUT2D eigenvalue weighted by Crippen LogP contribution is -2.18. The Balaban J connectivity index is 0.000000391. The maximum Gasteiger partial charge on any atom is 0.335 e. The zero-order chi connectivity index (χ0) is 47.6. The van der Waals surface area contributed by atoms with E-state index in [0.717, 1.165) is 30.4 Å². The van der Waals surface area contributed by atoms with Crippen molar-refractivity contribution in [2.75, 3.05) is 0 Å². The van der Waals surface area contributed by atoms with Gasteiger partial charge in [0, 0.05) is 53.3 Å². The summed E-state index contributed by atoms with van der Waals surface area (Å²) in [6, 6.07) is 25.6. The number of para-hydroxylation sites is 1. The number of rotatable bonds is 21. The summed E-state index contributed by atoms with van der Waals surface area (Å²) in [5.74, 6) is -2.12. The third kappa shape index (κ3) is 16.3. The number of carboxylic acids is 1. The molecule has 0 saturated heterocycles. The van der Waals surface area contributed by atoms with Gasteiger partial charge in [0.25, 0.3) is 11.4 Å². The Kier molecular flexibility index (Phi) is 22.3. The van der Waals surface area contributed by atoms with Gasteiger partial charge in [0.2, 0.25) is 11.6 Å². The minimum atomic E-state index is -0.693. The smallest absolute Gasteiger partial charge is 0.335 e. The highest BCUT2D eigenvalue weighted by Crippen LogP contribution is 2.30. The van der Waals surface area contributed by atoms with Crippen LogP contribution in [0.25, 0.3) is 22.3 Å². The van der Waals surface area contributed by atoms with Gasteiger partial charge in [-0.15, -0.1) is 0 Å². The van der Waals surface area contributed by atoms with Crippen LogP contribution in [0.1, 0.15) is 73.1 Å².